The third-order valence-electron chi connectivity index (χ3n) is 6.40. The molecule has 0 fully saturated rings. The summed E-state index contributed by atoms with van der Waals surface area (Å²) in [6.07, 6.45) is -9.47. The van der Waals surface area contributed by atoms with Crippen LogP contribution in [0.2, 0.25) is 0 Å². The molecule has 4 N–H and O–H groups in total. The van der Waals surface area contributed by atoms with E-state index in [1.165, 1.54) is 17.2 Å². The summed E-state index contributed by atoms with van der Waals surface area (Å²) in [7, 11) is 1.91. The zero-order chi connectivity index (χ0) is 31.2. The molecule has 0 bridgehead atoms. The molecular weight excluding hydrogens is 574 g/mol. The minimum absolute atomic E-state index is 0.364. The number of fused-ring (bicyclic) bond motifs is 1. The van der Waals surface area contributed by atoms with E-state index in [-0.39, 0.29) is 0 Å². The summed E-state index contributed by atoms with van der Waals surface area (Å²) >= 11 is 0. The number of imidazole rings is 1. The van der Waals surface area contributed by atoms with E-state index in [1.54, 1.807) is 0 Å². The number of carboxylic acids is 1. The zero-order valence-corrected chi connectivity index (χ0v) is 22.6. The maximum absolute atomic E-state index is 13.0. The van der Waals surface area contributed by atoms with Crippen molar-refractivity contribution in [3.8, 4) is 22.5 Å². The molecule has 4 aromatic carbocycles. The zero-order valence-electron chi connectivity index (χ0n) is 22.6. The first-order valence-electron chi connectivity index (χ1n) is 12.9. The molecule has 0 atom stereocenters. The van der Waals surface area contributed by atoms with Gasteiger partial charge >= 0.3 is 18.3 Å². The number of hydrogen-bond acceptors (Lipinski definition) is 4. The minimum atomic E-state index is -5.08. The molecule has 0 saturated carbocycles. The highest BCUT2D eigenvalue weighted by molar-refractivity contribution is 5.80. The lowest BCUT2D eigenvalue weighted by atomic mass is 10.0. The van der Waals surface area contributed by atoms with E-state index in [2.05, 4.69) is 69.1 Å². The van der Waals surface area contributed by atoms with Gasteiger partial charge in [-0.05, 0) is 52.6 Å². The Morgan fingerprint density at radius 2 is 1.26 bits per heavy atom. The molecule has 12 heteroatoms. The number of carbonyl (C=O) groups is 1. The highest BCUT2D eigenvalue weighted by atomic mass is 19.4. The quantitative estimate of drug-likeness (QED) is 0.143. The Bertz CT molecular complexity index is 1660. The van der Waals surface area contributed by atoms with Gasteiger partial charge in [0.2, 0.25) is 0 Å². The van der Waals surface area contributed by atoms with E-state index >= 15 is 0 Å². The summed E-state index contributed by atoms with van der Waals surface area (Å²) in [5, 5.41) is 13.7. The van der Waals surface area contributed by atoms with Gasteiger partial charge in [-0.1, -0.05) is 60.7 Å². The molecule has 1 heterocycles. The number of aromatic amines is 1. The molecule has 0 aliphatic rings. The number of hydrogen-bond donors (Lipinski definition) is 4. The average molecular weight is 601 g/mol. The Balaban J connectivity index is 0.000000541. The summed E-state index contributed by atoms with van der Waals surface area (Å²) < 4.78 is 70.7. The Labute approximate surface area is 242 Å². The Morgan fingerprint density at radius 1 is 0.767 bits per heavy atom. The van der Waals surface area contributed by atoms with Gasteiger partial charge in [-0.3, -0.25) is 0 Å². The van der Waals surface area contributed by atoms with Crippen molar-refractivity contribution < 1.29 is 36.2 Å². The molecule has 0 aliphatic heterocycles. The number of aliphatic carboxylic acids is 1. The van der Waals surface area contributed by atoms with Gasteiger partial charge < -0.3 is 20.7 Å². The van der Waals surface area contributed by atoms with Crippen LogP contribution in [0.4, 0.5) is 32.0 Å². The lowest BCUT2D eigenvalue weighted by molar-refractivity contribution is -0.192. The molecule has 5 rings (SSSR count). The Hall–Kier alpha value is -4.84. The normalized spacial score (nSPS) is 11.6. The third kappa shape index (κ3) is 8.35. The lowest BCUT2D eigenvalue weighted by Gasteiger charge is -2.08. The van der Waals surface area contributed by atoms with Crippen molar-refractivity contribution in [1.82, 2.24) is 15.3 Å². The van der Waals surface area contributed by atoms with Crippen LogP contribution in [0.3, 0.4) is 0 Å². The first-order chi connectivity index (χ1) is 20.3. The predicted octanol–water partition coefficient (Wildman–Crippen LogP) is 7.88. The highest BCUT2D eigenvalue weighted by Crippen LogP contribution is 2.32. The van der Waals surface area contributed by atoms with Crippen LogP contribution in [0, 0.1) is 0 Å². The molecular formula is C31H26F6N4O2. The maximum atomic E-state index is 13.0. The monoisotopic (exact) mass is 600 g/mol. The van der Waals surface area contributed by atoms with Gasteiger partial charge in [0, 0.05) is 31.4 Å². The van der Waals surface area contributed by atoms with Crippen LogP contribution in [0.5, 0.6) is 0 Å². The largest absolute Gasteiger partial charge is 0.490 e. The molecule has 224 valence electrons. The molecule has 1 aromatic heterocycles. The average Bonchev–Trinajstić information content (AvgIpc) is 3.41. The molecule has 6 nitrogen and oxygen atoms in total. The highest BCUT2D eigenvalue weighted by Gasteiger charge is 2.38. The van der Waals surface area contributed by atoms with Gasteiger partial charge in [0.25, 0.3) is 0 Å². The van der Waals surface area contributed by atoms with Crippen LogP contribution < -0.4 is 10.6 Å². The van der Waals surface area contributed by atoms with Gasteiger partial charge in [0.15, 0.2) is 0 Å². The van der Waals surface area contributed by atoms with Crippen LogP contribution in [-0.4, -0.2) is 34.3 Å². The standard InChI is InChI=1S/C29H25F3N4.C2HF3O2/c1-33-25-13-4-20(5-14-25)18-34-17-19-2-6-21(7-3-19)22-8-10-23(11-9-22)28-35-26-15-12-24(29(30,31)32)16-27(26)36-28;3-2(4,5)1(6)7/h2-16,33-34H,17-18H2,1H3,(H,35,36);(H,6,7). The van der Waals surface area contributed by atoms with E-state index in [4.69, 9.17) is 9.90 Å². The maximum Gasteiger partial charge on any atom is 0.490 e. The fraction of sp³-hybridized carbons (Fsp3) is 0.161. The second-order valence-corrected chi connectivity index (χ2v) is 9.44. The Kier molecular flexibility index (Phi) is 9.40. The first kappa shape index (κ1) is 31.1. The summed E-state index contributed by atoms with van der Waals surface area (Å²) in [5.74, 6) is -2.22. The topological polar surface area (TPSA) is 90.0 Å². The van der Waals surface area contributed by atoms with E-state index in [1.807, 2.05) is 31.3 Å². The summed E-state index contributed by atoms with van der Waals surface area (Å²) in [6, 6.07) is 28.1. The summed E-state index contributed by atoms with van der Waals surface area (Å²) in [4.78, 5) is 16.3. The van der Waals surface area contributed by atoms with Gasteiger partial charge in [-0.2, -0.15) is 26.3 Å². The number of alkyl halides is 6. The van der Waals surface area contributed by atoms with Crippen molar-refractivity contribution in [3.05, 3.63) is 108 Å². The number of nitrogens with one attached hydrogen (secondary N) is 3. The third-order valence-corrected chi connectivity index (χ3v) is 6.40. The van der Waals surface area contributed by atoms with Gasteiger partial charge in [0.1, 0.15) is 5.82 Å². The number of aromatic nitrogens is 2. The van der Waals surface area contributed by atoms with Crippen molar-refractivity contribution >= 4 is 22.7 Å². The van der Waals surface area contributed by atoms with E-state index in [0.29, 0.717) is 16.9 Å². The van der Waals surface area contributed by atoms with E-state index < -0.39 is 23.9 Å². The number of carboxylic acid groups (broad SMARTS) is 1. The minimum Gasteiger partial charge on any atom is -0.475 e. The molecule has 0 aliphatic carbocycles. The number of H-pyrrole nitrogens is 1. The predicted molar refractivity (Wildman–Crippen MR) is 152 cm³/mol. The first-order valence-corrected chi connectivity index (χ1v) is 12.9. The summed E-state index contributed by atoms with van der Waals surface area (Å²) in [5.41, 5.74) is 6.66. The van der Waals surface area contributed by atoms with Crippen LogP contribution in [0.1, 0.15) is 16.7 Å². The van der Waals surface area contributed by atoms with Crippen molar-refractivity contribution in [2.75, 3.05) is 12.4 Å². The fourth-order valence-corrected chi connectivity index (χ4v) is 4.10. The number of halogens is 6. The molecule has 43 heavy (non-hydrogen) atoms. The molecule has 0 amide bonds. The van der Waals surface area contributed by atoms with Crippen molar-refractivity contribution in [3.63, 3.8) is 0 Å². The smallest absolute Gasteiger partial charge is 0.475 e. The molecule has 5 aromatic rings. The van der Waals surface area contributed by atoms with Gasteiger partial charge in [-0.25, -0.2) is 9.78 Å². The molecule has 0 radical (unpaired) electrons. The lowest BCUT2D eigenvalue weighted by Crippen LogP contribution is -2.21. The van der Waals surface area contributed by atoms with E-state index in [9.17, 15) is 26.3 Å². The van der Waals surface area contributed by atoms with Crippen LogP contribution >= 0.6 is 0 Å². The summed E-state index contributed by atoms with van der Waals surface area (Å²) in [6.45, 7) is 1.57. The van der Waals surface area contributed by atoms with Gasteiger partial charge in [0.05, 0.1) is 16.6 Å². The molecule has 0 unspecified atom stereocenters. The second-order valence-electron chi connectivity index (χ2n) is 9.44. The number of nitrogens with zero attached hydrogens (tertiary/aromatic N) is 1. The van der Waals surface area contributed by atoms with Crippen LogP contribution in [0.25, 0.3) is 33.5 Å². The van der Waals surface area contributed by atoms with E-state index in [0.717, 1.165) is 47.6 Å². The van der Waals surface area contributed by atoms with Crippen molar-refractivity contribution in [1.29, 1.82) is 0 Å². The SMILES string of the molecule is CNc1ccc(CNCc2ccc(-c3ccc(-c4nc5ccc(C(F)(F)F)cc5[nH]4)cc3)cc2)cc1.O=C(O)C(F)(F)F. The van der Waals surface area contributed by atoms with Crippen LogP contribution in [-0.2, 0) is 24.1 Å². The van der Waals surface area contributed by atoms with Gasteiger partial charge in [-0.15, -0.1) is 0 Å². The second kappa shape index (κ2) is 13.0. The fourth-order valence-electron chi connectivity index (χ4n) is 4.10. The Morgan fingerprint density at radius 3 is 1.74 bits per heavy atom. The number of anilines is 1. The molecule has 0 spiro atoms. The van der Waals surface area contributed by atoms with Crippen molar-refractivity contribution in [2.45, 2.75) is 25.4 Å². The van der Waals surface area contributed by atoms with Crippen molar-refractivity contribution in [2.24, 2.45) is 0 Å². The number of rotatable bonds is 7. The number of benzene rings is 4. The van der Waals surface area contributed by atoms with Crippen LogP contribution in [0.15, 0.2) is 91.0 Å². The molecule has 0 saturated heterocycles.